The number of benzene rings is 2. The number of allylic oxidation sites excluding steroid dienone is 2. The lowest BCUT2D eigenvalue weighted by Crippen LogP contribution is -2.32. The molecule has 0 saturated heterocycles. The molecule has 2 heterocycles. The van der Waals surface area contributed by atoms with Gasteiger partial charge in [-0.2, -0.15) is 5.10 Å². The summed E-state index contributed by atoms with van der Waals surface area (Å²) in [5.41, 5.74) is 4.43. The van der Waals surface area contributed by atoms with Gasteiger partial charge in [0.25, 0.3) is 5.91 Å². The molecule has 1 atom stereocenters. The molecule has 2 aliphatic rings. The van der Waals surface area contributed by atoms with Crippen LogP contribution in [0.3, 0.4) is 0 Å². The lowest BCUT2D eigenvalue weighted by Gasteiger charge is -2.34. The fourth-order valence-electron chi connectivity index (χ4n) is 4.60. The SMILES string of the molecule is COc1ccc(OC)c([C@@H]2C3=C(CCCC3=O)Nc3c(C(=O)Nc4ccc(C)cc4)cnn32)c1. The van der Waals surface area contributed by atoms with Gasteiger partial charge in [0.2, 0.25) is 0 Å². The number of Topliss-reactive ketones (excluding diaryl/α,β-unsaturated/α-hetero) is 1. The van der Waals surface area contributed by atoms with Crippen LogP contribution in [0.2, 0.25) is 0 Å². The minimum Gasteiger partial charge on any atom is -0.497 e. The molecule has 0 saturated carbocycles. The number of amides is 1. The van der Waals surface area contributed by atoms with Gasteiger partial charge in [0, 0.05) is 28.9 Å². The molecule has 8 heteroatoms. The zero-order valence-corrected chi connectivity index (χ0v) is 19.3. The number of aromatic nitrogens is 2. The van der Waals surface area contributed by atoms with Gasteiger partial charge in [0.05, 0.1) is 20.4 Å². The van der Waals surface area contributed by atoms with Gasteiger partial charge in [-0.3, -0.25) is 9.59 Å². The second-order valence-corrected chi connectivity index (χ2v) is 8.48. The van der Waals surface area contributed by atoms with Gasteiger partial charge >= 0.3 is 0 Å². The number of ketones is 1. The van der Waals surface area contributed by atoms with E-state index in [1.54, 1.807) is 18.9 Å². The Morgan fingerprint density at radius 1 is 1.12 bits per heavy atom. The largest absolute Gasteiger partial charge is 0.497 e. The fraction of sp³-hybridized carbons (Fsp3) is 0.269. The zero-order chi connectivity index (χ0) is 23.8. The fourth-order valence-corrected chi connectivity index (χ4v) is 4.60. The van der Waals surface area contributed by atoms with Crippen LogP contribution in [0.1, 0.15) is 46.8 Å². The zero-order valence-electron chi connectivity index (χ0n) is 19.3. The van der Waals surface area contributed by atoms with Crippen LogP contribution in [0.4, 0.5) is 11.5 Å². The van der Waals surface area contributed by atoms with E-state index >= 15 is 0 Å². The van der Waals surface area contributed by atoms with Crippen molar-refractivity contribution in [3.05, 3.63) is 76.6 Å². The number of hydrogen-bond acceptors (Lipinski definition) is 6. The van der Waals surface area contributed by atoms with Crippen molar-refractivity contribution < 1.29 is 19.1 Å². The number of nitrogens with zero attached hydrogens (tertiary/aromatic N) is 2. The van der Waals surface area contributed by atoms with Gasteiger partial charge in [0.1, 0.15) is 28.9 Å². The van der Waals surface area contributed by atoms with Crippen LogP contribution in [0.5, 0.6) is 11.5 Å². The molecule has 0 unspecified atom stereocenters. The van der Waals surface area contributed by atoms with Crippen LogP contribution < -0.4 is 20.1 Å². The van der Waals surface area contributed by atoms with Gasteiger partial charge in [0.15, 0.2) is 5.78 Å². The molecule has 8 nitrogen and oxygen atoms in total. The second-order valence-electron chi connectivity index (χ2n) is 8.48. The van der Waals surface area contributed by atoms with E-state index < -0.39 is 6.04 Å². The van der Waals surface area contributed by atoms with Crippen LogP contribution in [0.15, 0.2) is 59.9 Å². The average molecular weight is 459 g/mol. The number of anilines is 2. The van der Waals surface area contributed by atoms with E-state index in [1.165, 1.54) is 6.20 Å². The maximum absolute atomic E-state index is 13.2. The molecule has 1 aromatic heterocycles. The van der Waals surface area contributed by atoms with Crippen molar-refractivity contribution in [2.24, 2.45) is 0 Å². The van der Waals surface area contributed by atoms with E-state index in [1.807, 2.05) is 49.4 Å². The van der Waals surface area contributed by atoms with Crippen molar-refractivity contribution >= 4 is 23.2 Å². The van der Waals surface area contributed by atoms with Crippen LogP contribution in [-0.4, -0.2) is 35.7 Å². The Morgan fingerprint density at radius 3 is 2.65 bits per heavy atom. The summed E-state index contributed by atoms with van der Waals surface area (Å²) in [5, 5.41) is 10.8. The third-order valence-corrected chi connectivity index (χ3v) is 6.32. The highest BCUT2D eigenvalue weighted by Gasteiger charge is 2.39. The maximum atomic E-state index is 13.2. The molecular formula is C26H26N4O4. The minimum absolute atomic E-state index is 0.0652. The highest BCUT2D eigenvalue weighted by Crippen LogP contribution is 2.44. The van der Waals surface area contributed by atoms with E-state index in [2.05, 4.69) is 15.7 Å². The van der Waals surface area contributed by atoms with E-state index in [9.17, 15) is 9.59 Å². The lowest BCUT2D eigenvalue weighted by atomic mass is 9.85. The van der Waals surface area contributed by atoms with Gasteiger partial charge in [-0.05, 0) is 50.1 Å². The van der Waals surface area contributed by atoms with Crippen molar-refractivity contribution in [1.29, 1.82) is 0 Å². The number of carbonyl (C=O) groups is 2. The van der Waals surface area contributed by atoms with Crippen molar-refractivity contribution in [2.75, 3.05) is 24.9 Å². The van der Waals surface area contributed by atoms with E-state index in [0.717, 1.165) is 23.2 Å². The molecule has 2 N–H and O–H groups in total. The Kier molecular flexibility index (Phi) is 5.57. The molecule has 1 amide bonds. The third kappa shape index (κ3) is 3.71. The first-order valence-electron chi connectivity index (χ1n) is 11.2. The predicted octanol–water partition coefficient (Wildman–Crippen LogP) is 4.48. The predicted molar refractivity (Wildman–Crippen MR) is 129 cm³/mol. The number of fused-ring (bicyclic) bond motifs is 1. The van der Waals surface area contributed by atoms with Crippen molar-refractivity contribution in [1.82, 2.24) is 9.78 Å². The van der Waals surface area contributed by atoms with Gasteiger partial charge in [-0.1, -0.05) is 17.7 Å². The van der Waals surface area contributed by atoms with Crippen LogP contribution >= 0.6 is 0 Å². The highest BCUT2D eigenvalue weighted by atomic mass is 16.5. The summed E-state index contributed by atoms with van der Waals surface area (Å²) in [5.74, 6) is 1.60. The molecule has 34 heavy (non-hydrogen) atoms. The van der Waals surface area contributed by atoms with E-state index in [-0.39, 0.29) is 11.7 Å². The molecule has 0 fully saturated rings. The monoisotopic (exact) mass is 458 g/mol. The summed E-state index contributed by atoms with van der Waals surface area (Å²) in [7, 11) is 3.19. The Labute approximate surface area is 197 Å². The number of rotatable bonds is 5. The Bertz CT molecular complexity index is 1310. The number of nitrogens with one attached hydrogen (secondary N) is 2. The summed E-state index contributed by atoms with van der Waals surface area (Å²) < 4.78 is 12.8. The number of methoxy groups -OCH3 is 2. The van der Waals surface area contributed by atoms with Crippen LogP contribution in [0, 0.1) is 6.92 Å². The second kappa shape index (κ2) is 8.70. The molecular weight excluding hydrogens is 432 g/mol. The Hall–Kier alpha value is -4.07. The maximum Gasteiger partial charge on any atom is 0.261 e. The standard InChI is InChI=1S/C26H26N4O4/c1-15-7-9-16(10-8-15)28-26(32)19-14-27-30-24(18-13-17(33-2)11-12-22(18)34-3)23-20(29-25(19)30)5-4-6-21(23)31/h7-14,24,29H,4-6H2,1-3H3,(H,28,32)/t24-/m1/s1. The minimum atomic E-state index is -0.537. The van der Waals surface area contributed by atoms with Gasteiger partial charge < -0.3 is 20.1 Å². The molecule has 174 valence electrons. The smallest absolute Gasteiger partial charge is 0.261 e. The van der Waals surface area contributed by atoms with Crippen molar-refractivity contribution in [3.63, 3.8) is 0 Å². The summed E-state index contributed by atoms with van der Waals surface area (Å²) in [4.78, 5) is 26.3. The van der Waals surface area contributed by atoms with Crippen molar-refractivity contribution in [3.8, 4) is 11.5 Å². The van der Waals surface area contributed by atoms with Gasteiger partial charge in [-0.15, -0.1) is 0 Å². The summed E-state index contributed by atoms with van der Waals surface area (Å²) >= 11 is 0. The third-order valence-electron chi connectivity index (χ3n) is 6.32. The van der Waals surface area contributed by atoms with Crippen molar-refractivity contribution in [2.45, 2.75) is 32.2 Å². The molecule has 2 aromatic carbocycles. The topological polar surface area (TPSA) is 94.5 Å². The Balaban J connectivity index is 1.61. The normalized spacial score (nSPS) is 16.9. The molecule has 0 spiro atoms. The molecule has 3 aromatic rings. The first-order valence-corrected chi connectivity index (χ1v) is 11.2. The number of aryl methyl sites for hydroxylation is 1. The molecule has 1 aliphatic heterocycles. The first kappa shape index (κ1) is 21.8. The summed E-state index contributed by atoms with van der Waals surface area (Å²) in [6.45, 7) is 1.99. The van der Waals surface area contributed by atoms with E-state index in [4.69, 9.17) is 9.47 Å². The quantitative estimate of drug-likeness (QED) is 0.585. The summed E-state index contributed by atoms with van der Waals surface area (Å²) in [6, 6.07) is 12.6. The lowest BCUT2D eigenvalue weighted by molar-refractivity contribution is -0.116. The first-order chi connectivity index (χ1) is 16.5. The van der Waals surface area contributed by atoms with Gasteiger partial charge in [-0.25, -0.2) is 4.68 Å². The molecule has 5 rings (SSSR count). The van der Waals surface area contributed by atoms with E-state index in [0.29, 0.717) is 47.0 Å². The highest BCUT2D eigenvalue weighted by molar-refractivity contribution is 6.08. The number of hydrogen-bond donors (Lipinski definition) is 2. The van der Waals surface area contributed by atoms with Crippen LogP contribution in [0.25, 0.3) is 0 Å². The number of carbonyl (C=O) groups excluding carboxylic acids is 2. The summed E-state index contributed by atoms with van der Waals surface area (Å²) in [6.07, 6.45) is 3.48. The Morgan fingerprint density at radius 2 is 1.91 bits per heavy atom. The molecule has 0 bridgehead atoms. The number of ether oxygens (including phenoxy) is 2. The molecule has 1 aliphatic carbocycles. The molecule has 0 radical (unpaired) electrons. The van der Waals surface area contributed by atoms with Crippen LogP contribution in [-0.2, 0) is 4.79 Å². The average Bonchev–Trinajstić information content (AvgIpc) is 3.27.